The first kappa shape index (κ1) is 19.1. The van der Waals surface area contributed by atoms with E-state index in [-0.39, 0.29) is 11.3 Å². The molecule has 0 fully saturated rings. The molecule has 0 aliphatic heterocycles. The predicted octanol–water partition coefficient (Wildman–Crippen LogP) is 4.86. The molecule has 1 aromatic heterocycles. The number of halogens is 2. The number of hydrogen-bond donors (Lipinski definition) is 1. The summed E-state index contributed by atoms with van der Waals surface area (Å²) >= 11 is 4.13. The van der Waals surface area contributed by atoms with Gasteiger partial charge in [-0.05, 0) is 75.0 Å². The van der Waals surface area contributed by atoms with Gasteiger partial charge in [0.2, 0.25) is 0 Å². The lowest BCUT2D eigenvalue weighted by molar-refractivity contribution is 0.467. The monoisotopic (exact) mass is 593 g/mol. The normalized spacial score (nSPS) is 11.4. The van der Waals surface area contributed by atoms with Crippen molar-refractivity contribution in [3.05, 3.63) is 89.8 Å². The fourth-order valence-electron chi connectivity index (χ4n) is 2.79. The first-order chi connectivity index (χ1) is 13.5. The first-order valence-corrected chi connectivity index (χ1v) is 10.5. The minimum absolute atomic E-state index is 0.233. The highest BCUT2D eigenvalue weighted by molar-refractivity contribution is 14.1. The van der Waals surface area contributed by atoms with Crippen molar-refractivity contribution in [1.82, 2.24) is 9.66 Å². The molecule has 0 saturated heterocycles. The van der Waals surface area contributed by atoms with Gasteiger partial charge in [-0.3, -0.25) is 4.79 Å². The average Bonchev–Trinajstić information content (AvgIpc) is 2.72. The average molecular weight is 593 g/mol. The van der Waals surface area contributed by atoms with Crippen LogP contribution in [-0.2, 0) is 0 Å². The molecule has 0 atom stereocenters. The summed E-state index contributed by atoms with van der Waals surface area (Å²) in [6.45, 7) is 0. The Labute approximate surface area is 188 Å². The maximum absolute atomic E-state index is 13.1. The summed E-state index contributed by atoms with van der Waals surface area (Å²) in [6, 6.07) is 20.4. The van der Waals surface area contributed by atoms with E-state index in [0.717, 1.165) is 18.3 Å². The van der Waals surface area contributed by atoms with Gasteiger partial charge in [0, 0.05) is 5.56 Å². The smallest absolute Gasteiger partial charge is 0.282 e. The van der Waals surface area contributed by atoms with Crippen molar-refractivity contribution in [2.75, 3.05) is 0 Å². The zero-order valence-corrected chi connectivity index (χ0v) is 18.7. The van der Waals surface area contributed by atoms with E-state index in [1.54, 1.807) is 12.3 Å². The van der Waals surface area contributed by atoms with E-state index >= 15 is 0 Å². The van der Waals surface area contributed by atoms with Crippen molar-refractivity contribution >= 4 is 62.3 Å². The van der Waals surface area contributed by atoms with Crippen molar-refractivity contribution < 1.29 is 5.11 Å². The fourth-order valence-corrected chi connectivity index (χ4v) is 4.61. The van der Waals surface area contributed by atoms with Gasteiger partial charge in [0.15, 0.2) is 5.82 Å². The largest absolute Gasteiger partial charge is 0.506 e. The molecule has 0 aliphatic rings. The van der Waals surface area contributed by atoms with Gasteiger partial charge in [0.05, 0.1) is 24.3 Å². The van der Waals surface area contributed by atoms with Crippen LogP contribution in [0.5, 0.6) is 5.75 Å². The molecule has 138 valence electrons. The van der Waals surface area contributed by atoms with Crippen LogP contribution in [-0.4, -0.2) is 21.0 Å². The second-order valence-electron chi connectivity index (χ2n) is 6.01. The molecule has 4 aromatic rings. The summed E-state index contributed by atoms with van der Waals surface area (Å²) in [7, 11) is 0. The summed E-state index contributed by atoms with van der Waals surface area (Å²) in [5, 5.41) is 14.9. The molecule has 0 saturated carbocycles. The Morgan fingerprint density at radius 2 is 1.61 bits per heavy atom. The Bertz CT molecular complexity index is 1240. The number of phenols is 1. The molecule has 7 heteroatoms. The van der Waals surface area contributed by atoms with Crippen LogP contribution in [0.15, 0.2) is 76.6 Å². The van der Waals surface area contributed by atoms with E-state index in [4.69, 9.17) is 0 Å². The minimum atomic E-state index is -0.233. The van der Waals surface area contributed by atoms with Crippen molar-refractivity contribution in [3.8, 4) is 17.1 Å². The molecule has 5 nitrogen and oxygen atoms in total. The third kappa shape index (κ3) is 3.68. The molecule has 0 radical (unpaired) electrons. The lowest BCUT2D eigenvalue weighted by Crippen LogP contribution is -2.20. The van der Waals surface area contributed by atoms with Gasteiger partial charge in [-0.25, -0.2) is 4.98 Å². The second kappa shape index (κ2) is 8.00. The predicted molar refractivity (Wildman–Crippen MR) is 128 cm³/mol. The Morgan fingerprint density at radius 1 is 0.964 bits per heavy atom. The number of benzene rings is 3. The highest BCUT2D eigenvalue weighted by Gasteiger charge is 2.12. The fraction of sp³-hybridized carbons (Fsp3) is 0. The van der Waals surface area contributed by atoms with Gasteiger partial charge in [-0.1, -0.05) is 42.5 Å². The second-order valence-corrected chi connectivity index (χ2v) is 8.34. The molecule has 3 aromatic carbocycles. The molecule has 0 aliphatic carbocycles. The Morgan fingerprint density at radius 3 is 2.32 bits per heavy atom. The van der Waals surface area contributed by atoms with Crippen LogP contribution in [0.25, 0.3) is 22.3 Å². The summed E-state index contributed by atoms with van der Waals surface area (Å²) in [6.07, 6.45) is 1.61. The van der Waals surface area contributed by atoms with Crippen LogP contribution in [0.3, 0.4) is 0 Å². The van der Waals surface area contributed by atoms with Gasteiger partial charge < -0.3 is 5.11 Å². The number of aromatic hydroxyl groups is 1. The topological polar surface area (TPSA) is 67.5 Å². The Kier molecular flexibility index (Phi) is 5.44. The number of hydrogen-bond acceptors (Lipinski definition) is 4. The molecule has 28 heavy (non-hydrogen) atoms. The van der Waals surface area contributed by atoms with Gasteiger partial charge in [0.25, 0.3) is 5.56 Å². The summed E-state index contributed by atoms with van der Waals surface area (Å²) in [5.41, 5.74) is 1.98. The third-order valence-electron chi connectivity index (χ3n) is 4.15. The van der Waals surface area contributed by atoms with Crippen LogP contribution >= 0.6 is 45.2 Å². The number of para-hydroxylation sites is 1. The molecular weight excluding hydrogens is 580 g/mol. The molecule has 0 spiro atoms. The molecule has 1 heterocycles. The first-order valence-electron chi connectivity index (χ1n) is 8.34. The van der Waals surface area contributed by atoms with Crippen LogP contribution in [0, 0.1) is 7.14 Å². The molecule has 1 N–H and O–H groups in total. The van der Waals surface area contributed by atoms with E-state index < -0.39 is 0 Å². The lowest BCUT2D eigenvalue weighted by Gasteiger charge is -2.09. The van der Waals surface area contributed by atoms with E-state index in [9.17, 15) is 9.90 Å². The van der Waals surface area contributed by atoms with Gasteiger partial charge >= 0.3 is 0 Å². The van der Waals surface area contributed by atoms with E-state index in [2.05, 4.69) is 55.3 Å². The third-order valence-corrected chi connectivity index (χ3v) is 5.79. The maximum atomic E-state index is 13.1. The quantitative estimate of drug-likeness (QED) is 0.273. The lowest BCUT2D eigenvalue weighted by atomic mass is 10.2. The van der Waals surface area contributed by atoms with Gasteiger partial charge in [-0.2, -0.15) is 9.78 Å². The summed E-state index contributed by atoms with van der Waals surface area (Å²) < 4.78 is 2.76. The molecule has 0 amide bonds. The highest BCUT2D eigenvalue weighted by atomic mass is 127. The number of fused-ring (bicyclic) bond motifs is 1. The van der Waals surface area contributed by atoms with Crippen LogP contribution in [0.4, 0.5) is 0 Å². The van der Waals surface area contributed by atoms with Crippen LogP contribution < -0.4 is 5.56 Å². The number of rotatable bonds is 3. The standard InChI is InChI=1S/C21H13I2N3O2/c22-16-10-13(11-17(23)19(16)27)12-24-26-20(14-6-2-1-3-7-14)25-18-9-5-4-8-15(18)21(26)28/h1-12,27H. The molecular formula is C21H13I2N3O2. The molecule has 0 bridgehead atoms. The van der Waals surface area contributed by atoms with Crippen molar-refractivity contribution in [1.29, 1.82) is 0 Å². The maximum Gasteiger partial charge on any atom is 0.282 e. The van der Waals surface area contributed by atoms with Crippen LogP contribution in [0.2, 0.25) is 0 Å². The van der Waals surface area contributed by atoms with Gasteiger partial charge in [-0.15, -0.1) is 0 Å². The molecule has 4 rings (SSSR count). The van der Waals surface area contributed by atoms with Crippen molar-refractivity contribution in [2.24, 2.45) is 5.10 Å². The van der Waals surface area contributed by atoms with E-state index in [1.807, 2.05) is 60.7 Å². The Hall–Kier alpha value is -2.27. The summed E-state index contributed by atoms with van der Waals surface area (Å²) in [4.78, 5) is 17.8. The van der Waals surface area contributed by atoms with Crippen LogP contribution in [0.1, 0.15) is 5.56 Å². The summed E-state index contributed by atoms with van der Waals surface area (Å²) in [5.74, 6) is 0.719. The number of phenolic OH excluding ortho intramolecular Hbond substituents is 1. The zero-order chi connectivity index (χ0) is 19.7. The minimum Gasteiger partial charge on any atom is -0.506 e. The zero-order valence-electron chi connectivity index (χ0n) is 14.4. The number of nitrogens with zero attached hydrogens (tertiary/aromatic N) is 3. The van der Waals surface area contributed by atoms with Crippen molar-refractivity contribution in [3.63, 3.8) is 0 Å². The molecule has 0 unspecified atom stereocenters. The van der Waals surface area contributed by atoms with Gasteiger partial charge in [0.1, 0.15) is 5.75 Å². The number of aromatic nitrogens is 2. The van der Waals surface area contributed by atoms with Crippen molar-refractivity contribution in [2.45, 2.75) is 0 Å². The SMILES string of the molecule is O=c1c2ccccc2nc(-c2ccccc2)n1N=Cc1cc(I)c(O)c(I)c1. The van der Waals surface area contributed by atoms with E-state index in [0.29, 0.717) is 16.7 Å². The Balaban J connectivity index is 1.92. The highest BCUT2D eigenvalue weighted by Crippen LogP contribution is 2.27. The van der Waals surface area contributed by atoms with E-state index in [1.165, 1.54) is 4.68 Å².